The van der Waals surface area contributed by atoms with Crippen LogP contribution in [0.1, 0.15) is 12.1 Å². The fourth-order valence-corrected chi connectivity index (χ4v) is 3.99. The number of nitrogens with zero attached hydrogens (tertiary/aromatic N) is 3. The highest BCUT2D eigenvalue weighted by atomic mass is 32.2. The monoisotopic (exact) mass is 425 g/mol. The molecule has 6 nitrogen and oxygen atoms in total. The first-order chi connectivity index (χ1) is 14.7. The van der Waals surface area contributed by atoms with Gasteiger partial charge in [0.05, 0.1) is 16.6 Å². The Morgan fingerprint density at radius 3 is 2.87 bits per heavy atom. The molecule has 0 N–H and O–H groups in total. The second-order valence-corrected chi connectivity index (χ2v) is 7.60. The first-order valence-corrected chi connectivity index (χ1v) is 10.5. The van der Waals surface area contributed by atoms with Gasteiger partial charge in [0.25, 0.3) is 5.56 Å². The van der Waals surface area contributed by atoms with E-state index in [1.807, 2.05) is 18.2 Å². The number of thioether (sulfide) groups is 1. The Morgan fingerprint density at radius 1 is 1.17 bits per heavy atom. The number of fused-ring (bicyclic) bond motifs is 1. The van der Waals surface area contributed by atoms with Gasteiger partial charge in [-0.05, 0) is 36.8 Å². The van der Waals surface area contributed by atoms with E-state index < -0.39 is 0 Å². The molecule has 0 saturated carbocycles. The van der Waals surface area contributed by atoms with E-state index in [-0.39, 0.29) is 11.4 Å². The van der Waals surface area contributed by atoms with Crippen LogP contribution >= 0.6 is 11.8 Å². The van der Waals surface area contributed by atoms with Gasteiger partial charge in [0.1, 0.15) is 12.1 Å². The van der Waals surface area contributed by atoms with Crippen molar-refractivity contribution < 1.29 is 13.5 Å². The average molecular weight is 425 g/mol. The molecule has 0 aliphatic rings. The molecule has 0 atom stereocenters. The molecule has 0 saturated heterocycles. The summed E-state index contributed by atoms with van der Waals surface area (Å²) in [7, 11) is 1.64. The number of hydrogen-bond donors (Lipinski definition) is 0. The highest BCUT2D eigenvalue weighted by Gasteiger charge is 2.13. The number of ether oxygens (including phenoxy) is 1. The summed E-state index contributed by atoms with van der Waals surface area (Å²) >= 11 is 1.41. The Bertz CT molecular complexity index is 1220. The molecule has 0 radical (unpaired) electrons. The van der Waals surface area contributed by atoms with Gasteiger partial charge in [0.2, 0.25) is 5.89 Å². The highest BCUT2D eigenvalue weighted by molar-refractivity contribution is 7.98. The molecule has 0 bridgehead atoms. The van der Waals surface area contributed by atoms with Gasteiger partial charge in [0.15, 0.2) is 5.16 Å². The Kier molecular flexibility index (Phi) is 6.25. The summed E-state index contributed by atoms with van der Waals surface area (Å²) in [4.78, 5) is 22.1. The molecule has 8 heteroatoms. The van der Waals surface area contributed by atoms with Crippen molar-refractivity contribution in [3.8, 4) is 11.5 Å². The van der Waals surface area contributed by atoms with Crippen molar-refractivity contribution in [1.29, 1.82) is 0 Å². The minimum atomic E-state index is -0.345. The van der Waals surface area contributed by atoms with Crippen LogP contribution in [0.2, 0.25) is 0 Å². The van der Waals surface area contributed by atoms with E-state index in [1.165, 1.54) is 23.9 Å². The molecule has 0 unspecified atom stereocenters. The Morgan fingerprint density at radius 2 is 2.03 bits per heavy atom. The first-order valence-electron chi connectivity index (χ1n) is 9.47. The number of methoxy groups -OCH3 is 1. The molecule has 0 fully saturated rings. The quantitative estimate of drug-likeness (QED) is 0.235. The summed E-state index contributed by atoms with van der Waals surface area (Å²) in [6, 6.07) is 13.4. The summed E-state index contributed by atoms with van der Waals surface area (Å²) in [6.07, 6.45) is 2.25. The summed E-state index contributed by atoms with van der Waals surface area (Å²) in [6.45, 7) is 1.07. The van der Waals surface area contributed by atoms with Crippen LogP contribution in [0.3, 0.4) is 0 Å². The molecule has 154 valence electrons. The van der Waals surface area contributed by atoms with Gasteiger partial charge >= 0.3 is 0 Å². The number of para-hydroxylation sites is 1. The third-order valence-electron chi connectivity index (χ3n) is 4.53. The smallest absolute Gasteiger partial charge is 0.262 e. The fourth-order valence-electron chi connectivity index (χ4n) is 3.09. The lowest BCUT2D eigenvalue weighted by molar-refractivity contribution is 0.189. The van der Waals surface area contributed by atoms with Crippen molar-refractivity contribution in [3.05, 3.63) is 76.7 Å². The Labute approximate surface area is 176 Å². The molecule has 2 aromatic heterocycles. The molecule has 0 aliphatic carbocycles. The van der Waals surface area contributed by atoms with E-state index in [9.17, 15) is 9.18 Å². The van der Waals surface area contributed by atoms with E-state index in [1.54, 1.807) is 36.1 Å². The first kappa shape index (κ1) is 20.3. The van der Waals surface area contributed by atoms with Gasteiger partial charge in [-0.1, -0.05) is 30.0 Å². The zero-order chi connectivity index (χ0) is 20.9. The van der Waals surface area contributed by atoms with E-state index in [2.05, 4.69) is 9.97 Å². The average Bonchev–Trinajstić information content (AvgIpc) is 3.23. The van der Waals surface area contributed by atoms with Gasteiger partial charge in [-0.25, -0.2) is 14.4 Å². The van der Waals surface area contributed by atoms with Gasteiger partial charge in [-0.2, -0.15) is 0 Å². The van der Waals surface area contributed by atoms with Gasteiger partial charge in [-0.3, -0.25) is 9.36 Å². The number of oxazole rings is 1. The maximum atomic E-state index is 13.4. The lowest BCUT2D eigenvalue weighted by Crippen LogP contribution is -2.24. The predicted octanol–water partition coefficient (Wildman–Crippen LogP) is 4.52. The van der Waals surface area contributed by atoms with Crippen molar-refractivity contribution in [3.63, 3.8) is 0 Å². The second kappa shape index (κ2) is 9.23. The van der Waals surface area contributed by atoms with E-state index in [4.69, 9.17) is 9.15 Å². The molecule has 2 heterocycles. The summed E-state index contributed by atoms with van der Waals surface area (Å²) < 4.78 is 25.7. The number of benzene rings is 2. The third-order valence-corrected chi connectivity index (χ3v) is 5.54. The normalized spacial score (nSPS) is 11.3. The lowest BCUT2D eigenvalue weighted by atomic mass is 10.2. The Hall–Kier alpha value is -2.97. The minimum Gasteiger partial charge on any atom is -0.444 e. The molecule has 4 aromatic rings. The van der Waals surface area contributed by atoms with E-state index >= 15 is 0 Å². The van der Waals surface area contributed by atoms with E-state index in [0.717, 1.165) is 0 Å². The van der Waals surface area contributed by atoms with Crippen molar-refractivity contribution in [2.24, 2.45) is 0 Å². The SMILES string of the molecule is COCCCn1c(SCc2coc(-c3cccc(F)c3)n2)nc2ccccc2c1=O. The largest absolute Gasteiger partial charge is 0.444 e. The number of halogens is 1. The standard InChI is InChI=1S/C22H20FN3O3S/c1-28-11-5-10-26-21(27)18-8-2-3-9-19(18)25-22(26)30-14-17-13-29-20(24-17)15-6-4-7-16(23)12-15/h2-4,6-9,12-13H,5,10-11,14H2,1H3. The summed E-state index contributed by atoms with van der Waals surface area (Å²) in [5, 5.41) is 1.21. The molecule has 4 rings (SSSR count). The summed E-state index contributed by atoms with van der Waals surface area (Å²) in [5.74, 6) is 0.476. The zero-order valence-electron chi connectivity index (χ0n) is 16.4. The number of hydrogen-bond acceptors (Lipinski definition) is 6. The van der Waals surface area contributed by atoms with Crippen LogP contribution in [0.25, 0.3) is 22.4 Å². The molecule has 30 heavy (non-hydrogen) atoms. The van der Waals surface area contributed by atoms with E-state index in [0.29, 0.717) is 58.5 Å². The van der Waals surface area contributed by atoms with Gasteiger partial charge in [0, 0.05) is 31.6 Å². The maximum Gasteiger partial charge on any atom is 0.262 e. The number of rotatable bonds is 8. The molecular weight excluding hydrogens is 405 g/mol. The van der Waals surface area contributed by atoms with Crippen molar-refractivity contribution >= 4 is 22.7 Å². The molecular formula is C22H20FN3O3S. The number of aromatic nitrogens is 3. The van der Waals surface area contributed by atoms with Crippen LogP contribution < -0.4 is 5.56 Å². The molecule has 0 aliphatic heterocycles. The van der Waals surface area contributed by atoms with Crippen LogP contribution in [0.4, 0.5) is 4.39 Å². The van der Waals surface area contributed by atoms with Gasteiger partial charge in [-0.15, -0.1) is 0 Å². The highest BCUT2D eigenvalue weighted by Crippen LogP contribution is 2.25. The zero-order valence-corrected chi connectivity index (χ0v) is 17.2. The van der Waals surface area contributed by atoms with Crippen LogP contribution in [0.5, 0.6) is 0 Å². The lowest BCUT2D eigenvalue weighted by Gasteiger charge is -2.12. The van der Waals surface area contributed by atoms with Crippen LogP contribution in [0.15, 0.2) is 69.2 Å². The topological polar surface area (TPSA) is 70.2 Å². The van der Waals surface area contributed by atoms with Gasteiger partial charge < -0.3 is 9.15 Å². The van der Waals surface area contributed by atoms with Crippen molar-refractivity contribution in [2.45, 2.75) is 23.9 Å². The third kappa shape index (κ3) is 4.44. The minimum absolute atomic E-state index is 0.0696. The Balaban J connectivity index is 1.59. The second-order valence-electron chi connectivity index (χ2n) is 6.66. The predicted molar refractivity (Wildman–Crippen MR) is 114 cm³/mol. The van der Waals surface area contributed by atoms with Crippen LogP contribution in [-0.2, 0) is 17.0 Å². The van der Waals surface area contributed by atoms with Crippen molar-refractivity contribution in [2.75, 3.05) is 13.7 Å². The van der Waals surface area contributed by atoms with Crippen LogP contribution in [-0.4, -0.2) is 28.3 Å². The molecule has 2 aromatic carbocycles. The van der Waals surface area contributed by atoms with Crippen LogP contribution in [0, 0.1) is 5.82 Å². The molecule has 0 amide bonds. The van der Waals surface area contributed by atoms with Crippen molar-refractivity contribution in [1.82, 2.24) is 14.5 Å². The molecule has 0 spiro atoms. The fraction of sp³-hybridized carbons (Fsp3) is 0.227. The summed E-state index contributed by atoms with van der Waals surface area (Å²) in [5.41, 5.74) is 1.85. The maximum absolute atomic E-state index is 13.4.